The summed E-state index contributed by atoms with van der Waals surface area (Å²) in [4.78, 5) is 7.08. The van der Waals surface area contributed by atoms with E-state index in [0.29, 0.717) is 24.6 Å². The second kappa shape index (κ2) is 5.20. The Morgan fingerprint density at radius 1 is 1.35 bits per heavy atom. The predicted molar refractivity (Wildman–Crippen MR) is 75.5 cm³/mol. The van der Waals surface area contributed by atoms with Crippen molar-refractivity contribution in [3.05, 3.63) is 57.8 Å². The molecule has 0 bridgehead atoms. The Morgan fingerprint density at radius 3 is 2.95 bits per heavy atom. The van der Waals surface area contributed by atoms with Crippen LogP contribution in [0.5, 0.6) is 0 Å². The number of halogens is 2. The van der Waals surface area contributed by atoms with E-state index in [0.717, 1.165) is 17.0 Å². The molecule has 1 aliphatic heterocycles. The Kier molecular flexibility index (Phi) is 3.40. The standard InChI is InChI=1S/C14H13F2N3S/c15-9-3-4-12(16)11(6-9)13-7-18-14(17)19(13)8-10-2-1-5-20-10/h1-6,13H,7-8H2,(H2,17,18). The second-order valence-corrected chi connectivity index (χ2v) is 5.62. The highest BCUT2D eigenvalue weighted by molar-refractivity contribution is 7.09. The maximum absolute atomic E-state index is 13.9. The van der Waals surface area contributed by atoms with Crippen LogP contribution >= 0.6 is 11.3 Å². The van der Waals surface area contributed by atoms with E-state index in [4.69, 9.17) is 5.73 Å². The van der Waals surface area contributed by atoms with Crippen molar-refractivity contribution in [1.82, 2.24) is 4.90 Å². The molecular weight excluding hydrogens is 280 g/mol. The van der Waals surface area contributed by atoms with Crippen LogP contribution in [-0.4, -0.2) is 17.4 Å². The normalized spacial score (nSPS) is 18.4. The highest BCUT2D eigenvalue weighted by Crippen LogP contribution is 2.30. The fourth-order valence-electron chi connectivity index (χ4n) is 2.33. The Morgan fingerprint density at radius 2 is 2.20 bits per heavy atom. The third-order valence-electron chi connectivity index (χ3n) is 3.32. The molecule has 104 valence electrons. The summed E-state index contributed by atoms with van der Waals surface area (Å²) in [5.74, 6) is -0.521. The summed E-state index contributed by atoms with van der Waals surface area (Å²) >= 11 is 1.60. The lowest BCUT2D eigenvalue weighted by Gasteiger charge is -2.26. The summed E-state index contributed by atoms with van der Waals surface area (Å²) in [7, 11) is 0. The monoisotopic (exact) mass is 293 g/mol. The van der Waals surface area contributed by atoms with Crippen molar-refractivity contribution in [3.8, 4) is 0 Å². The molecule has 3 rings (SSSR count). The quantitative estimate of drug-likeness (QED) is 0.945. The average Bonchev–Trinajstić information content (AvgIpc) is 3.05. The second-order valence-electron chi connectivity index (χ2n) is 4.59. The molecule has 1 aromatic carbocycles. The van der Waals surface area contributed by atoms with Crippen LogP contribution in [0.15, 0.2) is 40.7 Å². The van der Waals surface area contributed by atoms with E-state index in [2.05, 4.69) is 4.99 Å². The lowest BCUT2D eigenvalue weighted by atomic mass is 10.1. The summed E-state index contributed by atoms with van der Waals surface area (Å²) in [5.41, 5.74) is 6.17. The van der Waals surface area contributed by atoms with Crippen LogP contribution in [0.1, 0.15) is 16.5 Å². The van der Waals surface area contributed by atoms with Crippen molar-refractivity contribution in [2.24, 2.45) is 10.7 Å². The molecule has 20 heavy (non-hydrogen) atoms. The van der Waals surface area contributed by atoms with E-state index < -0.39 is 11.6 Å². The third-order valence-corrected chi connectivity index (χ3v) is 4.18. The van der Waals surface area contributed by atoms with Crippen LogP contribution in [-0.2, 0) is 6.54 Å². The molecule has 0 saturated heterocycles. The van der Waals surface area contributed by atoms with Gasteiger partial charge in [-0.2, -0.15) is 0 Å². The number of hydrogen-bond donors (Lipinski definition) is 1. The van der Waals surface area contributed by atoms with Gasteiger partial charge in [0.25, 0.3) is 0 Å². The van der Waals surface area contributed by atoms with Crippen LogP contribution in [0, 0.1) is 11.6 Å². The number of hydrogen-bond acceptors (Lipinski definition) is 4. The smallest absolute Gasteiger partial charge is 0.192 e. The molecule has 1 aliphatic rings. The van der Waals surface area contributed by atoms with Gasteiger partial charge in [0.05, 0.1) is 19.1 Å². The van der Waals surface area contributed by atoms with Crippen molar-refractivity contribution in [1.29, 1.82) is 0 Å². The Balaban J connectivity index is 1.90. The molecule has 0 saturated carbocycles. The van der Waals surface area contributed by atoms with Crippen LogP contribution in [0.3, 0.4) is 0 Å². The van der Waals surface area contributed by atoms with Gasteiger partial charge in [0.1, 0.15) is 11.6 Å². The largest absolute Gasteiger partial charge is 0.370 e. The van der Waals surface area contributed by atoms with Gasteiger partial charge < -0.3 is 10.6 Å². The van der Waals surface area contributed by atoms with E-state index >= 15 is 0 Å². The molecule has 0 fully saturated rings. The van der Waals surface area contributed by atoms with E-state index in [9.17, 15) is 8.78 Å². The van der Waals surface area contributed by atoms with Gasteiger partial charge in [-0.05, 0) is 29.6 Å². The Bertz CT molecular complexity index is 640. The molecule has 6 heteroatoms. The number of nitrogens with two attached hydrogens (primary N) is 1. The molecule has 3 nitrogen and oxygen atoms in total. The summed E-state index contributed by atoms with van der Waals surface area (Å²) in [6, 6.07) is 7.05. The van der Waals surface area contributed by atoms with Gasteiger partial charge in [-0.25, -0.2) is 8.78 Å². The van der Waals surface area contributed by atoms with Crippen LogP contribution in [0.2, 0.25) is 0 Å². The molecule has 2 aromatic rings. The lowest BCUT2D eigenvalue weighted by molar-refractivity contribution is 0.333. The number of rotatable bonds is 3. The first-order valence-corrected chi connectivity index (χ1v) is 7.07. The Labute approximate surface area is 119 Å². The molecule has 0 radical (unpaired) electrons. The first-order valence-electron chi connectivity index (χ1n) is 6.19. The average molecular weight is 293 g/mol. The number of aliphatic imine (C=N–C) groups is 1. The summed E-state index contributed by atoms with van der Waals surface area (Å²) < 4.78 is 27.3. The zero-order valence-corrected chi connectivity index (χ0v) is 11.4. The SMILES string of the molecule is NC1=NCC(c2cc(F)ccc2F)N1Cc1cccs1. The minimum absolute atomic E-state index is 0.297. The van der Waals surface area contributed by atoms with Crippen molar-refractivity contribution in [3.63, 3.8) is 0 Å². The van der Waals surface area contributed by atoms with Gasteiger partial charge in [0, 0.05) is 10.4 Å². The highest BCUT2D eigenvalue weighted by Gasteiger charge is 2.30. The van der Waals surface area contributed by atoms with E-state index in [1.165, 1.54) is 6.07 Å². The van der Waals surface area contributed by atoms with Gasteiger partial charge in [-0.15, -0.1) is 11.3 Å². The Hall–Kier alpha value is -1.95. The molecule has 1 atom stereocenters. The van der Waals surface area contributed by atoms with Crippen molar-refractivity contribution in [2.75, 3.05) is 6.54 Å². The fraction of sp³-hybridized carbons (Fsp3) is 0.214. The molecule has 1 aromatic heterocycles. The first-order chi connectivity index (χ1) is 9.65. The van der Waals surface area contributed by atoms with Gasteiger partial charge in [-0.1, -0.05) is 6.07 Å². The van der Waals surface area contributed by atoms with Crippen molar-refractivity contribution in [2.45, 2.75) is 12.6 Å². The molecule has 1 unspecified atom stereocenters. The van der Waals surface area contributed by atoms with Crippen molar-refractivity contribution < 1.29 is 8.78 Å². The maximum Gasteiger partial charge on any atom is 0.192 e. The van der Waals surface area contributed by atoms with Gasteiger partial charge in [0.15, 0.2) is 5.96 Å². The van der Waals surface area contributed by atoms with Crippen LogP contribution in [0.4, 0.5) is 8.78 Å². The predicted octanol–water partition coefficient (Wildman–Crippen LogP) is 2.90. The molecule has 0 aliphatic carbocycles. The number of guanidine groups is 1. The lowest BCUT2D eigenvalue weighted by Crippen LogP contribution is -2.35. The van der Waals surface area contributed by atoms with Crippen LogP contribution < -0.4 is 5.73 Å². The zero-order chi connectivity index (χ0) is 14.1. The summed E-state index contributed by atoms with van der Waals surface area (Å²) in [5, 5.41) is 1.97. The number of nitrogens with zero attached hydrogens (tertiary/aromatic N) is 2. The zero-order valence-electron chi connectivity index (χ0n) is 10.6. The van der Waals surface area contributed by atoms with E-state index in [1.807, 2.05) is 22.4 Å². The van der Waals surface area contributed by atoms with Crippen molar-refractivity contribution >= 4 is 17.3 Å². The highest BCUT2D eigenvalue weighted by atomic mass is 32.1. The first kappa shape index (κ1) is 13.1. The third kappa shape index (κ3) is 2.38. The van der Waals surface area contributed by atoms with Crippen LogP contribution in [0.25, 0.3) is 0 Å². The maximum atomic E-state index is 13.9. The van der Waals surface area contributed by atoms with E-state index in [1.54, 1.807) is 11.3 Å². The molecular formula is C14H13F2N3S. The number of benzene rings is 1. The molecule has 2 heterocycles. The van der Waals surface area contributed by atoms with E-state index in [-0.39, 0.29) is 6.04 Å². The topological polar surface area (TPSA) is 41.6 Å². The summed E-state index contributed by atoms with van der Waals surface area (Å²) in [6.07, 6.45) is 0. The molecule has 0 spiro atoms. The summed E-state index contributed by atoms with van der Waals surface area (Å²) in [6.45, 7) is 0.894. The minimum atomic E-state index is -0.456. The number of thiophene rings is 1. The fourth-order valence-corrected chi connectivity index (χ4v) is 3.03. The molecule has 2 N–H and O–H groups in total. The van der Waals surface area contributed by atoms with Gasteiger partial charge in [-0.3, -0.25) is 4.99 Å². The van der Waals surface area contributed by atoms with Gasteiger partial charge >= 0.3 is 0 Å². The molecule has 0 amide bonds. The minimum Gasteiger partial charge on any atom is -0.370 e. The van der Waals surface area contributed by atoms with Gasteiger partial charge in [0.2, 0.25) is 0 Å².